The number of benzene rings is 1. The van der Waals surface area contributed by atoms with Gasteiger partial charge in [-0.1, -0.05) is 0 Å². The zero-order chi connectivity index (χ0) is 20.1. The molecule has 0 unspecified atom stereocenters. The van der Waals surface area contributed by atoms with Crippen molar-refractivity contribution >= 4 is 23.2 Å². The molecule has 2 aromatic rings. The van der Waals surface area contributed by atoms with Gasteiger partial charge in [-0.15, -0.1) is 11.3 Å². The molecule has 3 rings (SSSR count). The second kappa shape index (κ2) is 8.40. The predicted molar refractivity (Wildman–Crippen MR) is 103 cm³/mol. The van der Waals surface area contributed by atoms with Crippen LogP contribution < -0.4 is 10.1 Å². The molecule has 1 aromatic carbocycles. The molecule has 1 aliphatic carbocycles. The highest BCUT2D eigenvalue weighted by atomic mass is 32.1. The molecule has 1 amide bonds. The summed E-state index contributed by atoms with van der Waals surface area (Å²) in [6, 6.07) is 8.61. The highest BCUT2D eigenvalue weighted by Crippen LogP contribution is 2.39. The third kappa shape index (κ3) is 5.08. The summed E-state index contributed by atoms with van der Waals surface area (Å²) in [6.45, 7) is 3.55. The number of aromatic nitrogens is 1. The molecule has 1 N–H and O–H groups in total. The van der Waals surface area contributed by atoms with Crippen molar-refractivity contribution in [2.75, 3.05) is 6.61 Å². The molecule has 1 aliphatic rings. The molecular formula is C20H21N3O4S. The molecule has 1 heterocycles. The largest absolute Gasteiger partial charge is 0.487 e. The third-order valence-corrected chi connectivity index (χ3v) is 5.33. The molecular weight excluding hydrogens is 378 g/mol. The smallest absolute Gasteiger partial charge is 0.338 e. The van der Waals surface area contributed by atoms with Crippen LogP contribution in [-0.2, 0) is 16.1 Å². The van der Waals surface area contributed by atoms with Gasteiger partial charge < -0.3 is 14.8 Å². The average molecular weight is 399 g/mol. The number of esters is 1. The van der Waals surface area contributed by atoms with E-state index in [-0.39, 0.29) is 5.92 Å². The van der Waals surface area contributed by atoms with E-state index in [0.717, 1.165) is 23.5 Å². The second-order valence-corrected chi connectivity index (χ2v) is 7.95. The Balaban J connectivity index is 1.46. The van der Waals surface area contributed by atoms with Crippen molar-refractivity contribution in [3.63, 3.8) is 0 Å². The first-order valence-corrected chi connectivity index (χ1v) is 9.81. The highest BCUT2D eigenvalue weighted by molar-refractivity contribution is 7.09. The molecule has 0 bridgehead atoms. The van der Waals surface area contributed by atoms with E-state index in [1.54, 1.807) is 42.5 Å². The second-order valence-electron chi connectivity index (χ2n) is 6.88. The molecule has 1 aromatic heterocycles. The van der Waals surface area contributed by atoms with Crippen molar-refractivity contribution in [1.82, 2.24) is 10.3 Å². The number of aryl methyl sites for hydroxylation is 1. The number of hydrogen-bond acceptors (Lipinski definition) is 7. The van der Waals surface area contributed by atoms with Crippen LogP contribution in [0.4, 0.5) is 0 Å². The third-order valence-electron chi connectivity index (χ3n) is 4.50. The maximum atomic E-state index is 12.1. The maximum absolute atomic E-state index is 12.1. The number of nitrogens with one attached hydrogen (secondary N) is 1. The van der Waals surface area contributed by atoms with Crippen LogP contribution in [0.25, 0.3) is 0 Å². The first-order valence-electron chi connectivity index (χ1n) is 8.93. The molecule has 1 atom stereocenters. The summed E-state index contributed by atoms with van der Waals surface area (Å²) in [5, 5.41) is 14.8. The summed E-state index contributed by atoms with van der Waals surface area (Å²) in [5.41, 5.74) is 0.265. The molecule has 1 saturated carbocycles. The molecule has 1 fully saturated rings. The van der Waals surface area contributed by atoms with Crippen LogP contribution in [0.15, 0.2) is 29.6 Å². The predicted octanol–water partition coefficient (Wildman–Crippen LogP) is 3.00. The van der Waals surface area contributed by atoms with Crippen LogP contribution in [0, 0.1) is 24.2 Å². The Morgan fingerprint density at radius 3 is 2.64 bits per heavy atom. The summed E-state index contributed by atoms with van der Waals surface area (Å²) in [7, 11) is 0. The Kier molecular flexibility index (Phi) is 5.95. The van der Waals surface area contributed by atoms with Gasteiger partial charge >= 0.3 is 5.97 Å². The molecule has 0 radical (unpaired) electrons. The lowest BCUT2D eigenvalue weighted by Crippen LogP contribution is -2.48. The van der Waals surface area contributed by atoms with Gasteiger partial charge in [0.15, 0.2) is 6.61 Å². The van der Waals surface area contributed by atoms with Gasteiger partial charge in [0.25, 0.3) is 5.91 Å². The van der Waals surface area contributed by atoms with Crippen molar-refractivity contribution in [1.29, 1.82) is 5.26 Å². The van der Waals surface area contributed by atoms with Crippen molar-refractivity contribution in [3.05, 3.63) is 45.9 Å². The summed E-state index contributed by atoms with van der Waals surface area (Å²) in [5.74, 6) is -0.322. The lowest BCUT2D eigenvalue weighted by molar-refractivity contribution is -0.125. The Morgan fingerprint density at radius 1 is 1.36 bits per heavy atom. The Bertz CT molecular complexity index is 899. The Labute approximate surface area is 167 Å². The van der Waals surface area contributed by atoms with Gasteiger partial charge in [0, 0.05) is 5.38 Å². The lowest BCUT2D eigenvalue weighted by Gasteiger charge is -2.22. The van der Waals surface area contributed by atoms with Crippen molar-refractivity contribution in [3.8, 4) is 11.8 Å². The minimum Gasteiger partial charge on any atom is -0.487 e. The normalized spacial score (nSPS) is 15.2. The zero-order valence-corrected chi connectivity index (χ0v) is 16.5. The van der Waals surface area contributed by atoms with Gasteiger partial charge in [-0.3, -0.25) is 4.79 Å². The number of hydrogen-bond donors (Lipinski definition) is 1. The molecule has 0 aliphatic heterocycles. The van der Waals surface area contributed by atoms with Crippen LogP contribution in [0.3, 0.4) is 0 Å². The molecule has 8 heteroatoms. The van der Waals surface area contributed by atoms with Crippen LogP contribution >= 0.6 is 11.3 Å². The quantitative estimate of drug-likeness (QED) is 0.685. The lowest BCUT2D eigenvalue weighted by atomic mass is 9.98. The summed E-state index contributed by atoms with van der Waals surface area (Å²) >= 11 is 1.56. The van der Waals surface area contributed by atoms with Gasteiger partial charge in [-0.25, -0.2) is 9.78 Å². The van der Waals surface area contributed by atoms with Gasteiger partial charge in [0.05, 0.1) is 22.3 Å². The number of thiazole rings is 1. The summed E-state index contributed by atoms with van der Waals surface area (Å²) in [6.07, 6.45) is 1.83. The first-order chi connectivity index (χ1) is 13.4. The van der Waals surface area contributed by atoms with Crippen molar-refractivity contribution < 1.29 is 19.1 Å². The average Bonchev–Trinajstić information content (AvgIpc) is 3.47. The van der Waals surface area contributed by atoms with E-state index in [1.807, 2.05) is 12.3 Å². The number of carbonyl (C=O) groups excluding carboxylic acids is 2. The van der Waals surface area contributed by atoms with Gasteiger partial charge in [0.2, 0.25) is 0 Å². The number of ether oxygens (including phenoxy) is 2. The Hall–Kier alpha value is -2.92. The van der Waals surface area contributed by atoms with Gasteiger partial charge in [-0.05, 0) is 56.9 Å². The number of nitrogens with zero attached hydrogens (tertiary/aromatic N) is 2. The Morgan fingerprint density at radius 2 is 2.07 bits per heavy atom. The van der Waals surface area contributed by atoms with Crippen molar-refractivity contribution in [2.45, 2.75) is 38.8 Å². The number of carbonyl (C=O) groups is 2. The van der Waals surface area contributed by atoms with E-state index in [4.69, 9.17) is 9.47 Å². The fourth-order valence-corrected chi connectivity index (χ4v) is 3.34. The minimum atomic E-state index is -0.904. The van der Waals surface area contributed by atoms with E-state index in [0.29, 0.717) is 17.9 Å². The van der Waals surface area contributed by atoms with E-state index in [1.165, 1.54) is 0 Å². The molecule has 0 saturated heterocycles. The summed E-state index contributed by atoms with van der Waals surface area (Å²) in [4.78, 5) is 28.4. The van der Waals surface area contributed by atoms with Crippen LogP contribution in [-0.4, -0.2) is 29.0 Å². The zero-order valence-electron chi connectivity index (χ0n) is 15.7. The van der Waals surface area contributed by atoms with E-state index in [9.17, 15) is 14.9 Å². The number of amides is 1. The van der Waals surface area contributed by atoms with Gasteiger partial charge in [-0.2, -0.15) is 5.26 Å². The van der Waals surface area contributed by atoms with E-state index >= 15 is 0 Å². The first kappa shape index (κ1) is 19.8. The fourth-order valence-electron chi connectivity index (χ4n) is 2.74. The topological polar surface area (TPSA) is 101 Å². The van der Waals surface area contributed by atoms with Crippen molar-refractivity contribution in [2.24, 2.45) is 5.92 Å². The highest BCUT2D eigenvalue weighted by Gasteiger charge is 2.43. The maximum Gasteiger partial charge on any atom is 0.338 e. The molecule has 146 valence electrons. The molecule has 0 spiro atoms. The number of nitriles is 1. The van der Waals surface area contributed by atoms with E-state index in [2.05, 4.69) is 16.4 Å². The van der Waals surface area contributed by atoms with Crippen LogP contribution in [0.2, 0.25) is 0 Å². The minimum absolute atomic E-state index is 0.165. The fraction of sp³-hybridized carbons (Fsp3) is 0.400. The standard InChI is InChI=1S/C20H21N3O4S/c1-13-22-16(11-28-13)9-26-17-7-3-14(4-8-17)19(25)27-10-18(24)23-20(2,12-21)15-5-6-15/h3-4,7-8,11,15H,5-6,9-10H2,1-2H3,(H,23,24)/t20-/m0/s1. The van der Waals surface area contributed by atoms with Crippen LogP contribution in [0.1, 0.15) is 40.8 Å². The molecule has 28 heavy (non-hydrogen) atoms. The van der Waals surface area contributed by atoms with Crippen LogP contribution in [0.5, 0.6) is 5.75 Å². The molecule has 7 nitrogen and oxygen atoms in total. The monoisotopic (exact) mass is 399 g/mol. The van der Waals surface area contributed by atoms with Gasteiger partial charge in [0.1, 0.15) is 17.9 Å². The SMILES string of the molecule is Cc1nc(COc2ccc(C(=O)OCC(=O)N[C@@](C)(C#N)C3CC3)cc2)cs1. The number of rotatable bonds is 8. The van der Waals surface area contributed by atoms with E-state index < -0.39 is 24.0 Å². The summed E-state index contributed by atoms with van der Waals surface area (Å²) < 4.78 is 10.7.